The molecule has 1 fully saturated rings. The molecule has 4 unspecified atom stereocenters. The number of rotatable bonds is 3. The van der Waals surface area contributed by atoms with Gasteiger partial charge in [-0.15, -0.1) is 0 Å². The lowest BCUT2D eigenvalue weighted by molar-refractivity contribution is 0.255. The van der Waals surface area contributed by atoms with Gasteiger partial charge in [0, 0.05) is 11.3 Å². The summed E-state index contributed by atoms with van der Waals surface area (Å²) in [5.41, 5.74) is 0.963. The van der Waals surface area contributed by atoms with Gasteiger partial charge >= 0.3 is 0 Å². The molecule has 3 nitrogen and oxygen atoms in total. The first-order valence-electron chi connectivity index (χ1n) is 6.36. The first-order chi connectivity index (χ1) is 8.10. The average molecular weight is 254 g/mol. The number of hydrogen-bond acceptors (Lipinski definition) is 4. The summed E-state index contributed by atoms with van der Waals surface area (Å²) in [5, 5.41) is 4.83. The summed E-state index contributed by atoms with van der Waals surface area (Å²) in [5.74, 6) is 1.51. The van der Waals surface area contributed by atoms with E-state index in [-0.39, 0.29) is 0 Å². The topological polar surface area (TPSA) is 38.1 Å². The molecule has 4 heteroatoms. The Labute approximate surface area is 108 Å². The van der Waals surface area contributed by atoms with E-state index >= 15 is 0 Å². The predicted molar refractivity (Wildman–Crippen MR) is 71.3 cm³/mol. The van der Waals surface area contributed by atoms with Crippen molar-refractivity contribution in [3.05, 3.63) is 12.0 Å². The molecule has 2 rings (SSSR count). The fourth-order valence-electron chi connectivity index (χ4n) is 2.81. The molecule has 1 heterocycles. The van der Waals surface area contributed by atoms with E-state index in [1.54, 1.807) is 18.0 Å². The van der Waals surface area contributed by atoms with Crippen LogP contribution in [0, 0.1) is 18.8 Å². The summed E-state index contributed by atoms with van der Waals surface area (Å²) in [6.07, 6.45) is 4.28. The van der Waals surface area contributed by atoms with Crippen LogP contribution in [0.25, 0.3) is 0 Å². The van der Waals surface area contributed by atoms with E-state index in [0.717, 1.165) is 16.8 Å². The predicted octanol–water partition coefficient (Wildman–Crippen LogP) is 3.10. The lowest BCUT2D eigenvalue weighted by Crippen LogP contribution is -2.44. The Bertz CT molecular complexity index is 366. The molecule has 1 aliphatic carbocycles. The molecule has 0 saturated heterocycles. The van der Waals surface area contributed by atoms with Gasteiger partial charge in [0.05, 0.1) is 5.69 Å². The fraction of sp³-hybridized carbons (Fsp3) is 0.769. The zero-order valence-electron chi connectivity index (χ0n) is 11.1. The van der Waals surface area contributed by atoms with Gasteiger partial charge in [0.1, 0.15) is 6.26 Å². The van der Waals surface area contributed by atoms with Crippen molar-refractivity contribution in [1.29, 1.82) is 0 Å². The van der Waals surface area contributed by atoms with Gasteiger partial charge in [-0.3, -0.25) is 0 Å². The fourth-order valence-corrected chi connectivity index (χ4v) is 4.10. The van der Waals surface area contributed by atoms with E-state index in [4.69, 9.17) is 4.42 Å². The first kappa shape index (κ1) is 13.0. The highest BCUT2D eigenvalue weighted by molar-refractivity contribution is 7.99. The standard InChI is InChI=1S/C13H22N2OS/c1-8-5-9(2)12(11(6-8)14-4)17-13-15-10(3)7-16-13/h7-9,11-12,14H,5-6H2,1-4H3. The van der Waals surface area contributed by atoms with Crippen molar-refractivity contribution in [3.8, 4) is 0 Å². The van der Waals surface area contributed by atoms with Crippen LogP contribution in [-0.2, 0) is 0 Å². The monoisotopic (exact) mass is 254 g/mol. The van der Waals surface area contributed by atoms with Crippen molar-refractivity contribution >= 4 is 11.8 Å². The molecule has 17 heavy (non-hydrogen) atoms. The maximum atomic E-state index is 5.46. The van der Waals surface area contributed by atoms with Crippen LogP contribution in [0.5, 0.6) is 0 Å². The Morgan fingerprint density at radius 1 is 1.41 bits per heavy atom. The molecule has 1 aromatic rings. The van der Waals surface area contributed by atoms with Crippen molar-refractivity contribution in [3.63, 3.8) is 0 Å². The first-order valence-corrected chi connectivity index (χ1v) is 7.24. The largest absolute Gasteiger partial charge is 0.440 e. The minimum absolute atomic E-state index is 0.561. The number of hydrogen-bond donors (Lipinski definition) is 1. The molecule has 0 amide bonds. The van der Waals surface area contributed by atoms with Crippen molar-refractivity contribution in [2.24, 2.45) is 11.8 Å². The number of aromatic nitrogens is 1. The maximum absolute atomic E-state index is 5.46. The van der Waals surface area contributed by atoms with E-state index in [2.05, 4.69) is 31.2 Å². The molecule has 96 valence electrons. The van der Waals surface area contributed by atoms with Gasteiger partial charge in [0.15, 0.2) is 0 Å². The molecule has 0 aliphatic heterocycles. The van der Waals surface area contributed by atoms with Crippen molar-refractivity contribution in [1.82, 2.24) is 10.3 Å². The van der Waals surface area contributed by atoms with Crippen molar-refractivity contribution < 1.29 is 4.42 Å². The second kappa shape index (κ2) is 5.44. The molecule has 0 spiro atoms. The van der Waals surface area contributed by atoms with Crippen LogP contribution in [0.1, 0.15) is 32.4 Å². The highest BCUT2D eigenvalue weighted by Gasteiger charge is 2.34. The summed E-state index contributed by atoms with van der Waals surface area (Å²) in [4.78, 5) is 4.40. The van der Waals surface area contributed by atoms with Crippen LogP contribution in [0.15, 0.2) is 15.9 Å². The zero-order valence-corrected chi connectivity index (χ0v) is 11.9. The molecule has 0 bridgehead atoms. The second-order valence-electron chi connectivity index (χ2n) is 5.29. The minimum Gasteiger partial charge on any atom is -0.440 e. The van der Waals surface area contributed by atoms with Gasteiger partial charge in [-0.05, 0) is 38.6 Å². The second-order valence-corrected chi connectivity index (χ2v) is 6.42. The van der Waals surface area contributed by atoms with Crippen LogP contribution < -0.4 is 5.32 Å². The molecular formula is C13H22N2OS. The molecule has 1 N–H and O–H groups in total. The SMILES string of the molecule is CNC1CC(C)CC(C)C1Sc1nc(C)co1. The van der Waals surface area contributed by atoms with Gasteiger partial charge in [-0.2, -0.15) is 0 Å². The average Bonchev–Trinajstić information content (AvgIpc) is 2.67. The van der Waals surface area contributed by atoms with Gasteiger partial charge in [0.2, 0.25) is 0 Å². The van der Waals surface area contributed by atoms with Crippen LogP contribution in [0.2, 0.25) is 0 Å². The third-order valence-corrected chi connectivity index (χ3v) is 5.05. The highest BCUT2D eigenvalue weighted by Crippen LogP contribution is 2.39. The normalized spacial score (nSPS) is 33.9. The van der Waals surface area contributed by atoms with E-state index in [1.807, 2.05) is 6.92 Å². The number of nitrogens with one attached hydrogen (secondary N) is 1. The highest BCUT2D eigenvalue weighted by atomic mass is 32.2. The molecular weight excluding hydrogens is 232 g/mol. The molecule has 1 aliphatic rings. The Kier molecular flexibility index (Phi) is 4.15. The summed E-state index contributed by atoms with van der Waals surface area (Å²) in [6.45, 7) is 6.65. The Morgan fingerprint density at radius 2 is 2.18 bits per heavy atom. The Morgan fingerprint density at radius 3 is 2.76 bits per heavy atom. The van der Waals surface area contributed by atoms with Crippen LogP contribution in [0.4, 0.5) is 0 Å². The molecule has 0 radical (unpaired) electrons. The summed E-state index contributed by atoms with van der Waals surface area (Å²) in [7, 11) is 2.06. The van der Waals surface area contributed by atoms with Gasteiger partial charge in [-0.25, -0.2) is 4.98 Å². The third kappa shape index (κ3) is 3.05. The molecule has 0 aromatic carbocycles. The summed E-state index contributed by atoms with van der Waals surface area (Å²) in [6, 6.07) is 0.561. The van der Waals surface area contributed by atoms with E-state index in [0.29, 0.717) is 17.2 Å². The van der Waals surface area contributed by atoms with Crippen LogP contribution in [0.3, 0.4) is 0 Å². The molecule has 1 saturated carbocycles. The lowest BCUT2D eigenvalue weighted by Gasteiger charge is -2.38. The van der Waals surface area contributed by atoms with Crippen molar-refractivity contribution in [2.45, 2.75) is 50.1 Å². The quantitative estimate of drug-likeness (QED) is 0.899. The van der Waals surface area contributed by atoms with E-state index in [9.17, 15) is 0 Å². The van der Waals surface area contributed by atoms with Crippen LogP contribution >= 0.6 is 11.8 Å². The van der Waals surface area contributed by atoms with E-state index in [1.165, 1.54) is 12.8 Å². The smallest absolute Gasteiger partial charge is 0.256 e. The minimum atomic E-state index is 0.561. The van der Waals surface area contributed by atoms with Gasteiger partial charge in [-0.1, -0.05) is 25.6 Å². The lowest BCUT2D eigenvalue weighted by atomic mass is 9.80. The van der Waals surface area contributed by atoms with E-state index < -0.39 is 0 Å². The van der Waals surface area contributed by atoms with Gasteiger partial charge in [0.25, 0.3) is 5.22 Å². The van der Waals surface area contributed by atoms with Crippen molar-refractivity contribution in [2.75, 3.05) is 7.05 Å². The number of thioether (sulfide) groups is 1. The maximum Gasteiger partial charge on any atom is 0.256 e. The van der Waals surface area contributed by atoms with Crippen LogP contribution in [-0.4, -0.2) is 23.3 Å². The summed E-state index contributed by atoms with van der Waals surface area (Å²) < 4.78 is 5.46. The number of oxazole rings is 1. The number of aryl methyl sites for hydroxylation is 1. The third-order valence-electron chi connectivity index (χ3n) is 3.59. The molecule has 4 atom stereocenters. The summed E-state index contributed by atoms with van der Waals surface area (Å²) >= 11 is 1.79. The Balaban J connectivity index is 2.06. The number of nitrogens with zero attached hydrogens (tertiary/aromatic N) is 1. The molecule has 1 aromatic heterocycles. The van der Waals surface area contributed by atoms with Gasteiger partial charge < -0.3 is 9.73 Å². The Hall–Kier alpha value is -0.480. The zero-order chi connectivity index (χ0) is 12.4.